The molecule has 0 aliphatic heterocycles. The SMILES string of the molecule is CC(CNC(C)c1cc(O)ccc1O)NC(=O)OC(C)(C)C. The Morgan fingerprint density at radius 1 is 1.27 bits per heavy atom. The fourth-order valence-electron chi connectivity index (χ4n) is 1.91. The van der Waals surface area contributed by atoms with Crippen molar-refractivity contribution in [3.63, 3.8) is 0 Å². The number of amides is 1. The van der Waals surface area contributed by atoms with E-state index in [4.69, 9.17) is 4.74 Å². The molecule has 1 amide bonds. The van der Waals surface area contributed by atoms with Gasteiger partial charge in [-0.1, -0.05) is 0 Å². The molecule has 0 saturated carbocycles. The molecule has 1 rings (SSSR count). The number of alkyl carbamates (subject to hydrolysis) is 1. The molecule has 1 aromatic rings. The average molecular weight is 310 g/mol. The van der Waals surface area contributed by atoms with E-state index in [1.807, 2.05) is 34.6 Å². The second-order valence-electron chi connectivity index (χ2n) is 6.42. The predicted molar refractivity (Wildman–Crippen MR) is 85.0 cm³/mol. The number of hydrogen-bond acceptors (Lipinski definition) is 5. The second kappa shape index (κ2) is 7.35. The van der Waals surface area contributed by atoms with E-state index in [0.717, 1.165) is 0 Å². The van der Waals surface area contributed by atoms with Crippen LogP contribution >= 0.6 is 0 Å². The lowest BCUT2D eigenvalue weighted by Crippen LogP contribution is -2.43. The minimum absolute atomic E-state index is 0.0985. The van der Waals surface area contributed by atoms with Crippen molar-refractivity contribution >= 4 is 6.09 Å². The molecule has 0 radical (unpaired) electrons. The number of phenols is 2. The summed E-state index contributed by atoms with van der Waals surface area (Å²) in [5, 5.41) is 25.2. The highest BCUT2D eigenvalue weighted by Gasteiger charge is 2.18. The number of carbonyl (C=O) groups excluding carboxylic acids is 1. The van der Waals surface area contributed by atoms with Gasteiger partial charge in [0.1, 0.15) is 17.1 Å². The third-order valence-corrected chi connectivity index (χ3v) is 2.97. The fraction of sp³-hybridized carbons (Fsp3) is 0.562. The molecule has 124 valence electrons. The Bertz CT molecular complexity index is 511. The zero-order valence-corrected chi connectivity index (χ0v) is 13.8. The maximum absolute atomic E-state index is 11.6. The van der Waals surface area contributed by atoms with Crippen LogP contribution in [-0.4, -0.2) is 34.5 Å². The first-order valence-corrected chi connectivity index (χ1v) is 7.33. The van der Waals surface area contributed by atoms with Gasteiger partial charge in [0.05, 0.1) is 0 Å². The van der Waals surface area contributed by atoms with Gasteiger partial charge < -0.3 is 25.6 Å². The molecule has 0 aromatic heterocycles. The summed E-state index contributed by atoms with van der Waals surface area (Å²) in [5.41, 5.74) is 0.0715. The van der Waals surface area contributed by atoms with E-state index < -0.39 is 11.7 Å². The molecule has 2 atom stereocenters. The first-order valence-electron chi connectivity index (χ1n) is 7.33. The molecule has 0 aliphatic carbocycles. The van der Waals surface area contributed by atoms with Gasteiger partial charge in [0.15, 0.2) is 0 Å². The van der Waals surface area contributed by atoms with Crippen LogP contribution in [0.5, 0.6) is 11.5 Å². The first-order chi connectivity index (χ1) is 10.1. The van der Waals surface area contributed by atoms with Gasteiger partial charge in [0.2, 0.25) is 0 Å². The summed E-state index contributed by atoms with van der Waals surface area (Å²) in [7, 11) is 0. The average Bonchev–Trinajstić information content (AvgIpc) is 2.36. The number of ether oxygens (including phenoxy) is 1. The highest BCUT2D eigenvalue weighted by Crippen LogP contribution is 2.27. The van der Waals surface area contributed by atoms with Crippen molar-refractivity contribution in [1.29, 1.82) is 0 Å². The van der Waals surface area contributed by atoms with Gasteiger partial charge in [-0.25, -0.2) is 4.79 Å². The van der Waals surface area contributed by atoms with Crippen LogP contribution in [0.25, 0.3) is 0 Å². The molecule has 6 heteroatoms. The van der Waals surface area contributed by atoms with Crippen molar-refractivity contribution in [2.24, 2.45) is 0 Å². The molecule has 22 heavy (non-hydrogen) atoms. The molecular formula is C16H26N2O4. The highest BCUT2D eigenvalue weighted by molar-refractivity contribution is 5.68. The van der Waals surface area contributed by atoms with E-state index >= 15 is 0 Å². The van der Waals surface area contributed by atoms with Crippen molar-refractivity contribution in [3.05, 3.63) is 23.8 Å². The Hall–Kier alpha value is -1.95. The van der Waals surface area contributed by atoms with Crippen molar-refractivity contribution < 1.29 is 19.7 Å². The zero-order valence-electron chi connectivity index (χ0n) is 13.8. The quantitative estimate of drug-likeness (QED) is 0.628. The lowest BCUT2D eigenvalue weighted by Gasteiger charge is -2.23. The van der Waals surface area contributed by atoms with Crippen molar-refractivity contribution in [3.8, 4) is 11.5 Å². The number of phenolic OH excluding ortho intramolecular Hbond substituents is 2. The Morgan fingerprint density at radius 2 is 1.91 bits per heavy atom. The summed E-state index contributed by atoms with van der Waals surface area (Å²) in [6.07, 6.45) is -0.463. The van der Waals surface area contributed by atoms with Crippen LogP contribution in [0.4, 0.5) is 4.79 Å². The van der Waals surface area contributed by atoms with Crippen LogP contribution in [0.1, 0.15) is 46.2 Å². The number of nitrogens with one attached hydrogen (secondary N) is 2. The summed E-state index contributed by atoms with van der Waals surface area (Å²) in [4.78, 5) is 11.6. The highest BCUT2D eigenvalue weighted by atomic mass is 16.6. The molecule has 0 bridgehead atoms. The summed E-state index contributed by atoms with van der Waals surface area (Å²) >= 11 is 0. The van der Waals surface area contributed by atoms with Crippen LogP contribution in [0.3, 0.4) is 0 Å². The molecule has 0 saturated heterocycles. The van der Waals surface area contributed by atoms with E-state index in [1.165, 1.54) is 18.2 Å². The topological polar surface area (TPSA) is 90.8 Å². The standard InChI is InChI=1S/C16H26N2O4/c1-10(18-15(21)22-16(3,4)5)9-17-11(2)13-8-12(19)6-7-14(13)20/h6-8,10-11,17,19-20H,9H2,1-5H3,(H,18,21). The fourth-order valence-corrected chi connectivity index (χ4v) is 1.91. The maximum Gasteiger partial charge on any atom is 0.407 e. The van der Waals surface area contributed by atoms with Gasteiger partial charge in [0, 0.05) is 24.2 Å². The van der Waals surface area contributed by atoms with E-state index in [-0.39, 0.29) is 23.6 Å². The van der Waals surface area contributed by atoms with E-state index in [9.17, 15) is 15.0 Å². The maximum atomic E-state index is 11.6. The second-order valence-corrected chi connectivity index (χ2v) is 6.42. The first kappa shape index (κ1) is 18.1. The smallest absolute Gasteiger partial charge is 0.407 e. The van der Waals surface area contributed by atoms with Crippen LogP contribution in [0, 0.1) is 0 Å². The molecule has 2 unspecified atom stereocenters. The molecule has 4 N–H and O–H groups in total. The molecule has 1 aromatic carbocycles. The molecule has 0 fully saturated rings. The van der Waals surface area contributed by atoms with Crippen molar-refractivity contribution in [2.45, 2.75) is 52.3 Å². The molecule has 0 spiro atoms. The largest absolute Gasteiger partial charge is 0.508 e. The van der Waals surface area contributed by atoms with Crippen molar-refractivity contribution in [2.75, 3.05) is 6.54 Å². The summed E-state index contributed by atoms with van der Waals surface area (Å²) in [6.45, 7) is 9.64. The lowest BCUT2D eigenvalue weighted by molar-refractivity contribution is 0.0507. The van der Waals surface area contributed by atoms with Crippen LogP contribution < -0.4 is 10.6 Å². The number of aromatic hydroxyl groups is 2. The normalized spacial score (nSPS) is 14.2. The van der Waals surface area contributed by atoms with Gasteiger partial charge in [-0.3, -0.25) is 0 Å². The van der Waals surface area contributed by atoms with Crippen molar-refractivity contribution in [1.82, 2.24) is 10.6 Å². The van der Waals surface area contributed by atoms with Gasteiger partial charge in [0.25, 0.3) is 0 Å². The Balaban J connectivity index is 2.48. The van der Waals surface area contributed by atoms with Gasteiger partial charge in [-0.2, -0.15) is 0 Å². The van der Waals surface area contributed by atoms with Crippen LogP contribution in [0.2, 0.25) is 0 Å². The third kappa shape index (κ3) is 6.22. The minimum atomic E-state index is -0.530. The number of carbonyl (C=O) groups is 1. The van der Waals surface area contributed by atoms with Gasteiger partial charge >= 0.3 is 6.09 Å². The van der Waals surface area contributed by atoms with E-state index in [0.29, 0.717) is 12.1 Å². The molecule has 0 aliphatic rings. The van der Waals surface area contributed by atoms with Gasteiger partial charge in [-0.05, 0) is 52.8 Å². The predicted octanol–water partition coefficient (Wildman–Crippen LogP) is 2.66. The monoisotopic (exact) mass is 310 g/mol. The van der Waals surface area contributed by atoms with E-state index in [1.54, 1.807) is 0 Å². The summed E-state index contributed by atoms with van der Waals surface area (Å²) < 4.78 is 5.18. The Kier molecular flexibility index (Phi) is 6.05. The van der Waals surface area contributed by atoms with E-state index in [2.05, 4.69) is 10.6 Å². The number of hydrogen-bond donors (Lipinski definition) is 4. The third-order valence-electron chi connectivity index (χ3n) is 2.97. The molecular weight excluding hydrogens is 284 g/mol. The molecule has 6 nitrogen and oxygen atoms in total. The Labute approximate surface area is 131 Å². The zero-order chi connectivity index (χ0) is 16.9. The lowest BCUT2D eigenvalue weighted by atomic mass is 10.1. The van der Waals surface area contributed by atoms with Gasteiger partial charge in [-0.15, -0.1) is 0 Å². The molecule has 0 heterocycles. The minimum Gasteiger partial charge on any atom is -0.508 e. The summed E-state index contributed by atoms with van der Waals surface area (Å²) in [5.74, 6) is 0.215. The van der Waals surface area contributed by atoms with Crippen LogP contribution in [0.15, 0.2) is 18.2 Å². The summed E-state index contributed by atoms with van der Waals surface area (Å²) in [6, 6.07) is 4.08. The Morgan fingerprint density at radius 3 is 2.50 bits per heavy atom. The van der Waals surface area contributed by atoms with Crippen LogP contribution in [-0.2, 0) is 4.74 Å². The number of benzene rings is 1. The number of rotatable bonds is 5.